The summed E-state index contributed by atoms with van der Waals surface area (Å²) in [5.41, 5.74) is 7.66. The van der Waals surface area contributed by atoms with Gasteiger partial charge in [-0.2, -0.15) is 0 Å². The first kappa shape index (κ1) is 8.97. The smallest absolute Gasteiger partial charge is 0.144 e. The Morgan fingerprint density at radius 3 is 2.80 bits per heavy atom. The van der Waals surface area contributed by atoms with Crippen LogP contribution < -0.4 is 5.73 Å². The van der Waals surface area contributed by atoms with Gasteiger partial charge in [-0.1, -0.05) is 11.6 Å². The van der Waals surface area contributed by atoms with E-state index in [0.717, 1.165) is 16.7 Å². The molecular formula is C10H11ClN4. The Morgan fingerprint density at radius 1 is 1.40 bits per heavy atom. The number of halogens is 1. The van der Waals surface area contributed by atoms with Crippen LogP contribution in [0.5, 0.6) is 0 Å². The van der Waals surface area contributed by atoms with Crippen molar-refractivity contribution >= 4 is 28.5 Å². The number of hydrogen-bond acceptors (Lipinski definition) is 3. The van der Waals surface area contributed by atoms with Gasteiger partial charge >= 0.3 is 0 Å². The standard InChI is InChI=1S/C10H11ClN4/c1-4-13-9(12)6-7(11)8(5-2-3-5)15-10(6)14-4/h5H,2-3H2,1H3,(H3,12,13,14,15). The van der Waals surface area contributed by atoms with E-state index in [0.29, 0.717) is 22.6 Å². The van der Waals surface area contributed by atoms with E-state index >= 15 is 0 Å². The lowest BCUT2D eigenvalue weighted by Gasteiger charge is -1.97. The lowest BCUT2D eigenvalue weighted by atomic mass is 10.2. The maximum absolute atomic E-state index is 6.26. The van der Waals surface area contributed by atoms with Crippen LogP contribution in [0.25, 0.3) is 11.0 Å². The monoisotopic (exact) mass is 222 g/mol. The van der Waals surface area contributed by atoms with Gasteiger partial charge in [-0.3, -0.25) is 0 Å². The second kappa shape index (κ2) is 2.85. The molecule has 78 valence electrons. The Bertz CT molecular complexity index is 542. The van der Waals surface area contributed by atoms with Gasteiger partial charge in [-0.05, 0) is 19.8 Å². The lowest BCUT2D eigenvalue weighted by molar-refractivity contribution is 1.04. The highest BCUT2D eigenvalue weighted by molar-refractivity contribution is 6.37. The number of nitrogen functional groups attached to an aromatic ring is 1. The topological polar surface area (TPSA) is 67.6 Å². The van der Waals surface area contributed by atoms with E-state index in [1.807, 2.05) is 6.92 Å². The third kappa shape index (κ3) is 1.28. The molecule has 0 unspecified atom stereocenters. The predicted octanol–water partition coefficient (Wildman–Crippen LogP) is 2.38. The first-order valence-corrected chi connectivity index (χ1v) is 5.36. The van der Waals surface area contributed by atoms with Gasteiger partial charge in [0.25, 0.3) is 0 Å². The van der Waals surface area contributed by atoms with Gasteiger partial charge in [0, 0.05) is 11.6 Å². The van der Waals surface area contributed by atoms with Gasteiger partial charge in [0.05, 0.1) is 10.4 Å². The van der Waals surface area contributed by atoms with Gasteiger partial charge in [0.2, 0.25) is 0 Å². The quantitative estimate of drug-likeness (QED) is 0.779. The summed E-state index contributed by atoms with van der Waals surface area (Å²) in [5, 5.41) is 1.47. The maximum Gasteiger partial charge on any atom is 0.144 e. The Hall–Kier alpha value is -1.29. The molecule has 0 radical (unpaired) electrons. The van der Waals surface area contributed by atoms with Gasteiger partial charge in [0.1, 0.15) is 17.3 Å². The zero-order chi connectivity index (χ0) is 10.6. The number of aryl methyl sites for hydroxylation is 1. The zero-order valence-electron chi connectivity index (χ0n) is 8.34. The molecule has 1 aliphatic rings. The van der Waals surface area contributed by atoms with Crippen molar-refractivity contribution < 1.29 is 0 Å². The number of hydrogen-bond donors (Lipinski definition) is 2. The van der Waals surface area contributed by atoms with E-state index in [9.17, 15) is 0 Å². The molecule has 1 saturated carbocycles. The van der Waals surface area contributed by atoms with Crippen LogP contribution in [0.1, 0.15) is 30.3 Å². The Balaban J connectivity index is 2.34. The molecule has 2 aromatic rings. The number of aromatic amines is 1. The largest absolute Gasteiger partial charge is 0.383 e. The molecule has 15 heavy (non-hydrogen) atoms. The van der Waals surface area contributed by atoms with Crippen molar-refractivity contribution in [3.8, 4) is 0 Å². The van der Waals surface area contributed by atoms with E-state index < -0.39 is 0 Å². The average molecular weight is 223 g/mol. The van der Waals surface area contributed by atoms with Crippen LogP contribution in [0.15, 0.2) is 0 Å². The maximum atomic E-state index is 6.26. The number of fused-ring (bicyclic) bond motifs is 1. The number of nitrogens with two attached hydrogens (primary N) is 1. The van der Waals surface area contributed by atoms with Crippen molar-refractivity contribution in [3.63, 3.8) is 0 Å². The third-order valence-corrected chi connectivity index (χ3v) is 3.14. The number of nitrogens with zero attached hydrogens (tertiary/aromatic N) is 2. The van der Waals surface area contributed by atoms with Crippen molar-refractivity contribution in [1.29, 1.82) is 0 Å². The molecule has 3 rings (SSSR count). The van der Waals surface area contributed by atoms with Crippen LogP contribution in [0, 0.1) is 6.92 Å². The molecule has 1 aliphatic carbocycles. The van der Waals surface area contributed by atoms with E-state index in [2.05, 4.69) is 15.0 Å². The Morgan fingerprint density at radius 2 is 2.13 bits per heavy atom. The molecule has 0 aromatic carbocycles. The van der Waals surface area contributed by atoms with Crippen LogP contribution in [-0.4, -0.2) is 15.0 Å². The predicted molar refractivity (Wildman–Crippen MR) is 60.0 cm³/mol. The third-order valence-electron chi connectivity index (χ3n) is 2.74. The van der Waals surface area contributed by atoms with E-state index in [1.165, 1.54) is 12.8 Å². The van der Waals surface area contributed by atoms with E-state index in [1.54, 1.807) is 0 Å². The molecule has 4 nitrogen and oxygen atoms in total. The molecule has 0 atom stereocenters. The minimum absolute atomic E-state index is 0.464. The van der Waals surface area contributed by atoms with Gasteiger partial charge in [-0.15, -0.1) is 0 Å². The van der Waals surface area contributed by atoms with Crippen LogP contribution in [-0.2, 0) is 0 Å². The molecule has 0 bridgehead atoms. The van der Waals surface area contributed by atoms with Crippen molar-refractivity contribution in [2.45, 2.75) is 25.7 Å². The first-order chi connectivity index (χ1) is 7.16. The van der Waals surface area contributed by atoms with E-state index in [-0.39, 0.29) is 0 Å². The lowest BCUT2D eigenvalue weighted by Crippen LogP contribution is -1.95. The molecule has 2 heterocycles. The fourth-order valence-corrected chi connectivity index (χ4v) is 2.26. The highest BCUT2D eigenvalue weighted by Crippen LogP contribution is 2.45. The SMILES string of the molecule is Cc1nc(N)c2c(Cl)c(C3CC3)[nH]c2n1. The summed E-state index contributed by atoms with van der Waals surface area (Å²) in [6, 6.07) is 0. The van der Waals surface area contributed by atoms with Gasteiger partial charge in [-0.25, -0.2) is 9.97 Å². The highest BCUT2D eigenvalue weighted by atomic mass is 35.5. The average Bonchev–Trinajstić information content (AvgIpc) is 2.92. The number of H-pyrrole nitrogens is 1. The fraction of sp³-hybridized carbons (Fsp3) is 0.400. The van der Waals surface area contributed by atoms with Gasteiger partial charge < -0.3 is 10.7 Å². The molecule has 1 fully saturated rings. The Kier molecular flexibility index (Phi) is 1.71. The van der Waals surface area contributed by atoms with Crippen LogP contribution in [0.3, 0.4) is 0 Å². The van der Waals surface area contributed by atoms with Crippen molar-refractivity contribution in [3.05, 3.63) is 16.5 Å². The van der Waals surface area contributed by atoms with Gasteiger partial charge in [0.15, 0.2) is 0 Å². The van der Waals surface area contributed by atoms with Crippen molar-refractivity contribution in [2.24, 2.45) is 0 Å². The summed E-state index contributed by atoms with van der Waals surface area (Å²) < 4.78 is 0. The van der Waals surface area contributed by atoms with E-state index in [4.69, 9.17) is 17.3 Å². The number of rotatable bonds is 1. The Labute approximate surface area is 91.9 Å². The molecule has 3 N–H and O–H groups in total. The fourth-order valence-electron chi connectivity index (χ4n) is 1.87. The second-order valence-electron chi connectivity index (χ2n) is 4.01. The second-order valence-corrected chi connectivity index (χ2v) is 4.38. The summed E-state index contributed by atoms with van der Waals surface area (Å²) in [4.78, 5) is 11.7. The number of anilines is 1. The van der Waals surface area contributed by atoms with Crippen LogP contribution in [0.4, 0.5) is 5.82 Å². The molecule has 0 saturated heterocycles. The minimum Gasteiger partial charge on any atom is -0.383 e. The summed E-state index contributed by atoms with van der Waals surface area (Å²) in [6.45, 7) is 1.82. The first-order valence-electron chi connectivity index (χ1n) is 4.98. The molecule has 0 amide bonds. The van der Waals surface area contributed by atoms with Crippen LogP contribution in [0.2, 0.25) is 5.02 Å². The highest BCUT2D eigenvalue weighted by Gasteiger charge is 2.29. The normalized spacial score (nSPS) is 16.1. The molecular weight excluding hydrogens is 212 g/mol. The zero-order valence-corrected chi connectivity index (χ0v) is 9.10. The summed E-state index contributed by atoms with van der Waals surface area (Å²) in [7, 11) is 0. The molecule has 0 spiro atoms. The van der Waals surface area contributed by atoms with Crippen molar-refractivity contribution in [2.75, 3.05) is 5.73 Å². The number of nitrogens with one attached hydrogen (secondary N) is 1. The number of aromatic nitrogens is 3. The molecule has 2 aromatic heterocycles. The molecule has 0 aliphatic heterocycles. The minimum atomic E-state index is 0.464. The van der Waals surface area contributed by atoms with Crippen LogP contribution >= 0.6 is 11.6 Å². The van der Waals surface area contributed by atoms with Crippen molar-refractivity contribution in [1.82, 2.24) is 15.0 Å². The summed E-state index contributed by atoms with van der Waals surface area (Å²) in [5.74, 6) is 1.69. The summed E-state index contributed by atoms with van der Waals surface area (Å²) in [6.07, 6.45) is 2.39. The molecule has 5 heteroatoms. The summed E-state index contributed by atoms with van der Waals surface area (Å²) >= 11 is 6.26.